The molecule has 32 heavy (non-hydrogen) atoms. The van der Waals surface area contributed by atoms with Crippen LogP contribution in [0.25, 0.3) is 0 Å². The standard InChI is InChI=1S/C24H36BNO6/c1-22(2,3)30-21(28)26-13-11-16(12-14-26)17-9-10-18(20(27)29-8)19(15-17)25-31-23(4,5)24(6,7)32-25/h9-10,15-16H,11-14H2,1-8H3. The zero-order chi connectivity index (χ0) is 23.9. The van der Waals surface area contributed by atoms with Gasteiger partial charge in [0, 0.05) is 13.1 Å². The molecule has 3 rings (SSSR count). The molecule has 1 aromatic carbocycles. The highest BCUT2D eigenvalue weighted by Crippen LogP contribution is 2.37. The number of rotatable bonds is 3. The summed E-state index contributed by atoms with van der Waals surface area (Å²) >= 11 is 0. The summed E-state index contributed by atoms with van der Waals surface area (Å²) in [7, 11) is 0.715. The van der Waals surface area contributed by atoms with E-state index in [9.17, 15) is 9.59 Å². The van der Waals surface area contributed by atoms with E-state index in [-0.39, 0.29) is 12.0 Å². The van der Waals surface area contributed by atoms with Crippen molar-refractivity contribution < 1.29 is 28.4 Å². The van der Waals surface area contributed by atoms with Crippen LogP contribution in [0.2, 0.25) is 0 Å². The van der Waals surface area contributed by atoms with Crippen LogP contribution in [0.15, 0.2) is 18.2 Å². The van der Waals surface area contributed by atoms with E-state index in [0.717, 1.165) is 18.4 Å². The highest BCUT2D eigenvalue weighted by Gasteiger charge is 2.52. The molecule has 0 atom stereocenters. The second kappa shape index (κ2) is 8.71. The summed E-state index contributed by atoms with van der Waals surface area (Å²) in [5.74, 6) is -0.150. The van der Waals surface area contributed by atoms with Gasteiger partial charge in [-0.25, -0.2) is 9.59 Å². The largest absolute Gasteiger partial charge is 0.495 e. The lowest BCUT2D eigenvalue weighted by Crippen LogP contribution is -2.42. The molecule has 1 aromatic rings. The maximum absolute atomic E-state index is 12.4. The summed E-state index contributed by atoms with van der Waals surface area (Å²) in [5.41, 5.74) is 0.699. The number of carbonyl (C=O) groups is 2. The van der Waals surface area contributed by atoms with Crippen molar-refractivity contribution in [1.82, 2.24) is 4.90 Å². The lowest BCUT2D eigenvalue weighted by atomic mass is 9.73. The van der Waals surface area contributed by atoms with Crippen LogP contribution < -0.4 is 5.46 Å². The first-order valence-corrected chi connectivity index (χ1v) is 11.3. The number of hydrogen-bond acceptors (Lipinski definition) is 6. The molecule has 0 aliphatic carbocycles. The molecule has 1 amide bonds. The second-order valence-corrected chi connectivity index (χ2v) is 10.7. The number of methoxy groups -OCH3 is 1. The first kappa shape index (κ1) is 24.6. The lowest BCUT2D eigenvalue weighted by Gasteiger charge is -2.33. The average Bonchev–Trinajstić information content (AvgIpc) is 2.93. The first-order valence-electron chi connectivity index (χ1n) is 11.3. The van der Waals surface area contributed by atoms with Crippen LogP contribution in [0.1, 0.15) is 83.1 Å². The minimum atomic E-state index is -0.657. The van der Waals surface area contributed by atoms with Crippen molar-refractivity contribution in [2.45, 2.75) is 84.0 Å². The van der Waals surface area contributed by atoms with Gasteiger partial charge in [-0.05, 0) is 84.3 Å². The Balaban J connectivity index is 1.80. The number of hydrogen-bond donors (Lipinski definition) is 0. The van der Waals surface area contributed by atoms with Crippen molar-refractivity contribution >= 4 is 24.6 Å². The molecule has 0 spiro atoms. The minimum absolute atomic E-state index is 0.265. The molecule has 2 aliphatic heterocycles. The van der Waals surface area contributed by atoms with Gasteiger partial charge >= 0.3 is 19.2 Å². The second-order valence-electron chi connectivity index (χ2n) is 10.7. The zero-order valence-corrected chi connectivity index (χ0v) is 20.6. The molecule has 7 nitrogen and oxygen atoms in total. The number of amides is 1. The van der Waals surface area contributed by atoms with Crippen LogP contribution in [-0.2, 0) is 18.8 Å². The van der Waals surface area contributed by atoms with Crippen molar-refractivity contribution in [3.05, 3.63) is 29.3 Å². The highest BCUT2D eigenvalue weighted by atomic mass is 16.7. The number of carbonyl (C=O) groups excluding carboxylic acids is 2. The molecule has 0 bridgehead atoms. The molecule has 176 valence electrons. The fourth-order valence-electron chi connectivity index (χ4n) is 4.02. The van der Waals surface area contributed by atoms with Gasteiger partial charge in [0.15, 0.2) is 0 Å². The third kappa shape index (κ3) is 5.12. The molecule has 0 aromatic heterocycles. The van der Waals surface area contributed by atoms with Gasteiger partial charge in [-0.1, -0.05) is 12.1 Å². The molecule has 0 unspecified atom stereocenters. The van der Waals surface area contributed by atoms with Crippen LogP contribution in [0.3, 0.4) is 0 Å². The number of likely N-dealkylation sites (tertiary alicyclic amines) is 1. The van der Waals surface area contributed by atoms with E-state index < -0.39 is 29.9 Å². The summed E-state index contributed by atoms with van der Waals surface area (Å²) in [6, 6.07) is 5.76. The average molecular weight is 445 g/mol. The lowest BCUT2D eigenvalue weighted by molar-refractivity contribution is 0.00578. The SMILES string of the molecule is COC(=O)c1ccc(C2CCN(C(=O)OC(C)(C)C)CC2)cc1B1OC(C)(C)C(C)(C)O1. The molecular formula is C24H36BNO6. The normalized spacial score (nSPS) is 20.9. The zero-order valence-electron chi connectivity index (χ0n) is 20.6. The molecule has 2 fully saturated rings. The number of piperidine rings is 1. The van der Waals surface area contributed by atoms with Gasteiger partial charge in [-0.15, -0.1) is 0 Å². The maximum Gasteiger partial charge on any atom is 0.495 e. The maximum atomic E-state index is 12.4. The molecule has 0 saturated carbocycles. The fraction of sp³-hybridized carbons (Fsp3) is 0.667. The van der Waals surface area contributed by atoms with E-state index in [1.165, 1.54) is 7.11 Å². The van der Waals surface area contributed by atoms with Gasteiger partial charge in [0.05, 0.1) is 23.9 Å². The van der Waals surface area contributed by atoms with Crippen LogP contribution in [-0.4, -0.2) is 61.1 Å². The monoisotopic (exact) mass is 445 g/mol. The van der Waals surface area contributed by atoms with Crippen molar-refractivity contribution in [3.8, 4) is 0 Å². The summed E-state index contributed by atoms with van der Waals surface area (Å²) in [5, 5.41) is 0. The molecule has 2 heterocycles. The fourth-order valence-corrected chi connectivity index (χ4v) is 4.02. The predicted octanol–water partition coefficient (Wildman–Crippen LogP) is 3.89. The van der Waals surface area contributed by atoms with Gasteiger partial charge in [-0.3, -0.25) is 0 Å². The van der Waals surface area contributed by atoms with Crippen molar-refractivity contribution in [2.75, 3.05) is 20.2 Å². The van der Waals surface area contributed by atoms with Crippen LogP contribution in [0.5, 0.6) is 0 Å². The van der Waals surface area contributed by atoms with Crippen molar-refractivity contribution in [2.24, 2.45) is 0 Å². The molecule has 0 radical (unpaired) electrons. The molecule has 2 saturated heterocycles. The van der Waals surface area contributed by atoms with Crippen LogP contribution in [0.4, 0.5) is 4.79 Å². The smallest absolute Gasteiger partial charge is 0.465 e. The van der Waals surface area contributed by atoms with Gasteiger partial charge in [0.25, 0.3) is 0 Å². The van der Waals surface area contributed by atoms with Gasteiger partial charge in [-0.2, -0.15) is 0 Å². The highest BCUT2D eigenvalue weighted by molar-refractivity contribution is 6.63. The Labute approximate surface area is 191 Å². The summed E-state index contributed by atoms with van der Waals surface area (Å²) in [4.78, 5) is 26.6. The Kier molecular flexibility index (Phi) is 6.69. The van der Waals surface area contributed by atoms with Crippen LogP contribution in [0, 0.1) is 0 Å². The summed E-state index contributed by atoms with van der Waals surface area (Å²) in [6.45, 7) is 14.8. The third-order valence-electron chi connectivity index (χ3n) is 6.61. The number of esters is 1. The Bertz CT molecular complexity index is 852. The molecular weight excluding hydrogens is 409 g/mol. The van der Waals surface area contributed by atoms with Gasteiger partial charge < -0.3 is 23.7 Å². The van der Waals surface area contributed by atoms with Crippen molar-refractivity contribution in [1.29, 1.82) is 0 Å². The van der Waals surface area contributed by atoms with Crippen LogP contribution >= 0.6 is 0 Å². The number of benzene rings is 1. The minimum Gasteiger partial charge on any atom is -0.465 e. The first-order chi connectivity index (χ1) is 14.7. The van der Waals surface area contributed by atoms with E-state index in [2.05, 4.69) is 0 Å². The summed E-state index contributed by atoms with van der Waals surface area (Å²) in [6.07, 6.45) is 1.37. The third-order valence-corrected chi connectivity index (χ3v) is 6.61. The summed E-state index contributed by atoms with van der Waals surface area (Å²) < 4.78 is 22.9. The van der Waals surface area contributed by atoms with E-state index >= 15 is 0 Å². The van der Waals surface area contributed by atoms with E-state index in [4.69, 9.17) is 18.8 Å². The quantitative estimate of drug-likeness (QED) is 0.519. The number of ether oxygens (including phenoxy) is 2. The van der Waals surface area contributed by atoms with Crippen molar-refractivity contribution in [3.63, 3.8) is 0 Å². The molecule has 8 heteroatoms. The Morgan fingerprint density at radius 3 is 2.12 bits per heavy atom. The Hall–Kier alpha value is -2.06. The Morgan fingerprint density at radius 2 is 1.62 bits per heavy atom. The Morgan fingerprint density at radius 1 is 1.06 bits per heavy atom. The van der Waals surface area contributed by atoms with Gasteiger partial charge in [0.2, 0.25) is 0 Å². The predicted molar refractivity (Wildman–Crippen MR) is 123 cm³/mol. The topological polar surface area (TPSA) is 74.3 Å². The van der Waals surface area contributed by atoms with Gasteiger partial charge in [0.1, 0.15) is 5.60 Å². The van der Waals surface area contributed by atoms with E-state index in [0.29, 0.717) is 24.1 Å². The molecule has 2 aliphatic rings. The number of nitrogens with zero attached hydrogens (tertiary/aromatic N) is 1. The van der Waals surface area contributed by atoms with E-state index in [1.54, 1.807) is 11.0 Å². The van der Waals surface area contributed by atoms with E-state index in [1.807, 2.05) is 60.6 Å². The molecule has 0 N–H and O–H groups in total.